The number of benzene rings is 1. The maximum absolute atomic E-state index is 10.8. The number of carboxylic acids is 1. The lowest BCUT2D eigenvalue weighted by atomic mass is 10.2. The van der Waals surface area contributed by atoms with Crippen molar-refractivity contribution in [1.29, 1.82) is 0 Å². The quantitative estimate of drug-likeness (QED) is 0.878. The minimum Gasteiger partial charge on any atom is -0.497 e. The summed E-state index contributed by atoms with van der Waals surface area (Å²) in [4.78, 5) is 20.8. The fourth-order valence-corrected chi connectivity index (χ4v) is 1.90. The molecule has 0 saturated carbocycles. The van der Waals surface area contributed by atoms with Crippen LogP contribution in [0.2, 0.25) is 0 Å². The van der Waals surface area contributed by atoms with Gasteiger partial charge in [-0.2, -0.15) is 0 Å². The summed E-state index contributed by atoms with van der Waals surface area (Å²) in [5.74, 6) is 0.387. The van der Waals surface area contributed by atoms with Crippen LogP contribution in [0.3, 0.4) is 0 Å². The summed E-state index contributed by atoms with van der Waals surface area (Å²) in [6.07, 6.45) is 2.75. The smallest absolute Gasteiger partial charge is 0.356 e. The van der Waals surface area contributed by atoms with Crippen molar-refractivity contribution in [3.63, 3.8) is 0 Å². The highest BCUT2D eigenvalue weighted by Crippen LogP contribution is 2.16. The van der Waals surface area contributed by atoms with Crippen LogP contribution in [0.1, 0.15) is 23.0 Å². The number of nitrogens with zero attached hydrogens (tertiary/aromatic N) is 3. The summed E-state index contributed by atoms with van der Waals surface area (Å²) in [7, 11) is 1.63. The first-order valence-corrected chi connectivity index (χ1v) is 6.57. The zero-order valence-corrected chi connectivity index (χ0v) is 12.0. The van der Waals surface area contributed by atoms with Gasteiger partial charge in [0.1, 0.15) is 11.6 Å². The van der Waals surface area contributed by atoms with Crippen LogP contribution in [-0.2, 0) is 6.54 Å². The maximum atomic E-state index is 10.8. The first-order chi connectivity index (χ1) is 10.1. The number of anilines is 1. The first-order valence-electron chi connectivity index (χ1n) is 6.57. The molecule has 2 rings (SSSR count). The number of ether oxygens (including phenoxy) is 1. The Bertz CT molecular complexity index is 597. The number of carboxylic acid groups (broad SMARTS) is 1. The van der Waals surface area contributed by atoms with Crippen LogP contribution in [0.15, 0.2) is 36.7 Å². The molecule has 1 aromatic carbocycles. The molecule has 1 N–H and O–H groups in total. The lowest BCUT2D eigenvalue weighted by Crippen LogP contribution is -2.23. The van der Waals surface area contributed by atoms with Crippen LogP contribution in [-0.4, -0.2) is 34.7 Å². The third-order valence-corrected chi connectivity index (χ3v) is 3.10. The lowest BCUT2D eigenvalue weighted by Gasteiger charge is -2.21. The molecule has 6 nitrogen and oxygen atoms in total. The van der Waals surface area contributed by atoms with Crippen molar-refractivity contribution in [2.24, 2.45) is 0 Å². The molecule has 0 fully saturated rings. The van der Waals surface area contributed by atoms with E-state index < -0.39 is 5.97 Å². The van der Waals surface area contributed by atoms with Crippen LogP contribution in [0.5, 0.6) is 5.75 Å². The molecule has 0 aliphatic carbocycles. The Labute approximate surface area is 123 Å². The average molecular weight is 287 g/mol. The van der Waals surface area contributed by atoms with Crippen LogP contribution in [0, 0.1) is 0 Å². The van der Waals surface area contributed by atoms with E-state index in [2.05, 4.69) is 9.97 Å². The van der Waals surface area contributed by atoms with Gasteiger partial charge in [0.25, 0.3) is 0 Å². The van der Waals surface area contributed by atoms with Gasteiger partial charge in [-0.3, -0.25) is 0 Å². The van der Waals surface area contributed by atoms with E-state index in [1.807, 2.05) is 36.1 Å². The van der Waals surface area contributed by atoms with E-state index in [-0.39, 0.29) is 5.69 Å². The van der Waals surface area contributed by atoms with Crippen LogP contribution < -0.4 is 9.64 Å². The molecule has 110 valence electrons. The van der Waals surface area contributed by atoms with Crippen molar-refractivity contribution < 1.29 is 14.6 Å². The first kappa shape index (κ1) is 14.8. The molecule has 0 spiro atoms. The van der Waals surface area contributed by atoms with Gasteiger partial charge in [0.15, 0.2) is 5.69 Å². The van der Waals surface area contributed by atoms with E-state index in [1.54, 1.807) is 7.11 Å². The molecule has 0 aliphatic heterocycles. The van der Waals surface area contributed by atoms with Gasteiger partial charge in [-0.1, -0.05) is 12.1 Å². The SMILES string of the molecule is CCN(Cc1ccc(OC)cc1)c1cnc(C(=O)O)cn1. The number of aromatic carboxylic acids is 1. The fourth-order valence-electron chi connectivity index (χ4n) is 1.90. The van der Waals surface area contributed by atoms with Gasteiger partial charge in [0.05, 0.1) is 19.5 Å². The van der Waals surface area contributed by atoms with E-state index in [0.29, 0.717) is 12.4 Å². The van der Waals surface area contributed by atoms with Gasteiger partial charge >= 0.3 is 5.97 Å². The second-order valence-corrected chi connectivity index (χ2v) is 4.43. The van der Waals surface area contributed by atoms with E-state index in [9.17, 15) is 4.79 Å². The molecular formula is C15H17N3O3. The number of carbonyl (C=O) groups is 1. The van der Waals surface area contributed by atoms with Gasteiger partial charge in [0.2, 0.25) is 0 Å². The van der Waals surface area contributed by atoms with E-state index >= 15 is 0 Å². The van der Waals surface area contributed by atoms with Gasteiger partial charge in [0, 0.05) is 13.1 Å². The monoisotopic (exact) mass is 287 g/mol. The van der Waals surface area contributed by atoms with E-state index in [1.165, 1.54) is 12.4 Å². The Morgan fingerprint density at radius 2 is 1.95 bits per heavy atom. The molecule has 1 aromatic heterocycles. The summed E-state index contributed by atoms with van der Waals surface area (Å²) < 4.78 is 5.13. The molecular weight excluding hydrogens is 270 g/mol. The minimum atomic E-state index is -1.08. The van der Waals surface area contributed by atoms with Crippen LogP contribution in [0.25, 0.3) is 0 Å². The van der Waals surface area contributed by atoms with Crippen LogP contribution >= 0.6 is 0 Å². The van der Waals surface area contributed by atoms with Crippen molar-refractivity contribution in [3.05, 3.63) is 47.9 Å². The number of aromatic nitrogens is 2. The normalized spacial score (nSPS) is 10.2. The molecule has 0 bridgehead atoms. The highest BCUT2D eigenvalue weighted by atomic mass is 16.5. The molecule has 2 aromatic rings. The zero-order chi connectivity index (χ0) is 15.2. The topological polar surface area (TPSA) is 75.5 Å². The Balaban J connectivity index is 2.13. The third kappa shape index (κ3) is 3.68. The zero-order valence-electron chi connectivity index (χ0n) is 12.0. The van der Waals surface area contributed by atoms with Gasteiger partial charge < -0.3 is 14.7 Å². The molecule has 0 amide bonds. The lowest BCUT2D eigenvalue weighted by molar-refractivity contribution is 0.0690. The van der Waals surface area contributed by atoms with Gasteiger partial charge in [-0.15, -0.1) is 0 Å². The molecule has 0 radical (unpaired) electrons. The number of rotatable bonds is 6. The van der Waals surface area contributed by atoms with E-state index in [4.69, 9.17) is 9.84 Å². The summed E-state index contributed by atoms with van der Waals surface area (Å²) in [6.45, 7) is 3.42. The van der Waals surface area contributed by atoms with E-state index in [0.717, 1.165) is 17.9 Å². The summed E-state index contributed by atoms with van der Waals surface area (Å²) in [5, 5.41) is 8.83. The number of hydrogen-bond acceptors (Lipinski definition) is 5. The Morgan fingerprint density at radius 3 is 2.43 bits per heavy atom. The maximum Gasteiger partial charge on any atom is 0.356 e. The molecule has 0 saturated heterocycles. The Kier molecular flexibility index (Phi) is 4.71. The highest BCUT2D eigenvalue weighted by Gasteiger charge is 2.10. The predicted octanol–water partition coefficient (Wildman–Crippen LogP) is 2.21. The molecule has 6 heteroatoms. The molecule has 0 aliphatic rings. The van der Waals surface area contributed by atoms with Crippen molar-refractivity contribution in [1.82, 2.24) is 9.97 Å². The summed E-state index contributed by atoms with van der Waals surface area (Å²) in [5.41, 5.74) is 1.06. The van der Waals surface area contributed by atoms with Crippen molar-refractivity contribution in [2.45, 2.75) is 13.5 Å². The molecule has 0 unspecified atom stereocenters. The minimum absolute atomic E-state index is 0.0562. The number of methoxy groups -OCH3 is 1. The largest absolute Gasteiger partial charge is 0.497 e. The Hall–Kier alpha value is -2.63. The second-order valence-electron chi connectivity index (χ2n) is 4.43. The molecule has 0 atom stereocenters. The standard InChI is InChI=1S/C15H17N3O3/c1-3-18(10-11-4-6-12(21-2)7-5-11)14-9-16-13(8-17-14)15(19)20/h4-9H,3,10H2,1-2H3,(H,19,20). The predicted molar refractivity (Wildman–Crippen MR) is 78.7 cm³/mol. The van der Waals surface area contributed by atoms with Crippen molar-refractivity contribution in [3.8, 4) is 5.75 Å². The average Bonchev–Trinajstić information content (AvgIpc) is 2.53. The van der Waals surface area contributed by atoms with Gasteiger partial charge in [-0.25, -0.2) is 14.8 Å². The van der Waals surface area contributed by atoms with Gasteiger partial charge in [-0.05, 0) is 24.6 Å². The highest BCUT2D eigenvalue weighted by molar-refractivity contribution is 5.84. The Morgan fingerprint density at radius 1 is 1.24 bits per heavy atom. The third-order valence-electron chi connectivity index (χ3n) is 3.10. The van der Waals surface area contributed by atoms with Crippen LogP contribution in [0.4, 0.5) is 5.82 Å². The second kappa shape index (κ2) is 6.69. The summed E-state index contributed by atoms with van der Waals surface area (Å²) >= 11 is 0. The van der Waals surface area contributed by atoms with Crippen molar-refractivity contribution in [2.75, 3.05) is 18.6 Å². The van der Waals surface area contributed by atoms with Crippen molar-refractivity contribution >= 4 is 11.8 Å². The molecule has 1 heterocycles. The number of hydrogen-bond donors (Lipinski definition) is 1. The molecule has 21 heavy (non-hydrogen) atoms. The summed E-state index contributed by atoms with van der Waals surface area (Å²) in [6, 6.07) is 7.78. The fraction of sp³-hybridized carbons (Fsp3) is 0.267.